The summed E-state index contributed by atoms with van der Waals surface area (Å²) in [6, 6.07) is -0.0759. The first-order valence-electron chi connectivity index (χ1n) is 6.21. The van der Waals surface area contributed by atoms with Crippen LogP contribution in [0.5, 0.6) is 0 Å². The van der Waals surface area contributed by atoms with Gasteiger partial charge in [-0.25, -0.2) is 0 Å². The number of nitrogens with zero attached hydrogens (tertiary/aromatic N) is 2. The summed E-state index contributed by atoms with van der Waals surface area (Å²) in [7, 11) is 3.56. The van der Waals surface area contributed by atoms with E-state index in [4.69, 9.17) is 27.9 Å². The van der Waals surface area contributed by atoms with E-state index in [-0.39, 0.29) is 6.04 Å². The van der Waals surface area contributed by atoms with E-state index in [1.807, 2.05) is 24.0 Å². The summed E-state index contributed by atoms with van der Waals surface area (Å²) < 4.78 is 6.97. The van der Waals surface area contributed by atoms with Gasteiger partial charge in [0.15, 0.2) is 0 Å². The fourth-order valence-electron chi connectivity index (χ4n) is 2.05. The normalized spacial score (nSPS) is 12.8. The summed E-state index contributed by atoms with van der Waals surface area (Å²) in [4.78, 5) is 1.05. The fourth-order valence-corrected chi connectivity index (χ4v) is 3.72. The van der Waals surface area contributed by atoms with Crippen LogP contribution in [0.4, 0.5) is 0 Å². The van der Waals surface area contributed by atoms with Gasteiger partial charge in [-0.1, -0.05) is 23.2 Å². The van der Waals surface area contributed by atoms with Gasteiger partial charge >= 0.3 is 0 Å². The zero-order chi connectivity index (χ0) is 14.7. The lowest BCUT2D eigenvalue weighted by atomic mass is 10.1. The van der Waals surface area contributed by atoms with Crippen LogP contribution in [0, 0.1) is 6.92 Å². The summed E-state index contributed by atoms with van der Waals surface area (Å²) in [6.07, 6.45) is 1.66. The van der Waals surface area contributed by atoms with Gasteiger partial charge in [0.25, 0.3) is 0 Å². The molecule has 0 aliphatic heterocycles. The molecule has 0 spiro atoms. The van der Waals surface area contributed by atoms with Crippen LogP contribution in [-0.4, -0.2) is 30.5 Å². The molecule has 0 amide bonds. The maximum Gasteiger partial charge on any atom is 0.0869 e. The van der Waals surface area contributed by atoms with Crippen molar-refractivity contribution >= 4 is 34.5 Å². The Kier molecular flexibility index (Phi) is 5.46. The third-order valence-corrected chi connectivity index (χ3v) is 5.16. The zero-order valence-corrected chi connectivity index (χ0v) is 13.9. The number of ether oxygens (including phenoxy) is 1. The molecule has 2 aromatic rings. The van der Waals surface area contributed by atoms with E-state index in [1.165, 1.54) is 0 Å². The van der Waals surface area contributed by atoms with Crippen molar-refractivity contribution in [2.75, 3.05) is 20.8 Å². The zero-order valence-electron chi connectivity index (χ0n) is 11.6. The molecule has 0 radical (unpaired) electrons. The summed E-state index contributed by atoms with van der Waals surface area (Å²) >= 11 is 14.3. The molecule has 2 aromatic heterocycles. The second-order valence-corrected chi connectivity index (χ2v) is 6.11. The molecule has 7 heteroatoms. The Morgan fingerprint density at radius 2 is 2.25 bits per heavy atom. The molecule has 20 heavy (non-hydrogen) atoms. The van der Waals surface area contributed by atoms with Crippen molar-refractivity contribution in [3.63, 3.8) is 0 Å². The molecule has 1 unspecified atom stereocenters. The molecule has 0 saturated heterocycles. The predicted octanol–water partition coefficient (Wildman–Crippen LogP) is 3.52. The van der Waals surface area contributed by atoms with E-state index < -0.39 is 0 Å². The summed E-state index contributed by atoms with van der Waals surface area (Å²) in [6.45, 7) is 3.23. The average Bonchev–Trinajstić information content (AvgIpc) is 2.96. The van der Waals surface area contributed by atoms with Crippen LogP contribution >= 0.6 is 34.5 Å². The molecule has 0 fully saturated rings. The molecule has 1 atom stereocenters. The second-order valence-electron chi connectivity index (χ2n) is 4.41. The minimum absolute atomic E-state index is 0.0759. The van der Waals surface area contributed by atoms with E-state index in [1.54, 1.807) is 24.6 Å². The van der Waals surface area contributed by atoms with Gasteiger partial charge in [0.05, 0.1) is 41.1 Å². The highest BCUT2D eigenvalue weighted by atomic mass is 35.5. The van der Waals surface area contributed by atoms with Crippen molar-refractivity contribution in [2.45, 2.75) is 19.5 Å². The van der Waals surface area contributed by atoms with E-state index in [2.05, 4.69) is 10.4 Å². The molecular weight excluding hydrogens is 317 g/mol. The van der Waals surface area contributed by atoms with Crippen LogP contribution in [0.3, 0.4) is 0 Å². The first kappa shape index (κ1) is 15.8. The highest BCUT2D eigenvalue weighted by molar-refractivity contribution is 7.10. The number of nitrogens with one attached hydrogen (secondary N) is 1. The summed E-state index contributed by atoms with van der Waals surface area (Å²) in [5.74, 6) is 0. The van der Waals surface area contributed by atoms with Crippen LogP contribution in [0.15, 0.2) is 11.6 Å². The Morgan fingerprint density at radius 1 is 1.50 bits per heavy atom. The van der Waals surface area contributed by atoms with Crippen LogP contribution in [0.25, 0.3) is 0 Å². The Hall–Kier alpha value is -0.590. The van der Waals surface area contributed by atoms with Crippen molar-refractivity contribution in [1.82, 2.24) is 15.1 Å². The third-order valence-electron chi connectivity index (χ3n) is 3.09. The third kappa shape index (κ3) is 3.02. The van der Waals surface area contributed by atoms with Gasteiger partial charge in [-0.3, -0.25) is 4.68 Å². The highest BCUT2D eigenvalue weighted by Gasteiger charge is 2.24. The van der Waals surface area contributed by atoms with Crippen LogP contribution in [-0.2, 0) is 11.3 Å². The number of thiophene rings is 1. The smallest absolute Gasteiger partial charge is 0.0869 e. The van der Waals surface area contributed by atoms with Crippen molar-refractivity contribution < 1.29 is 4.74 Å². The number of halogens is 2. The second kappa shape index (κ2) is 6.91. The standard InChI is InChI=1S/C13H17Cl2N3OS/c1-8-7-20-13(10(8)15)11(16-2)12-9(14)6-17-18(12)4-5-19-3/h6-7,11,16H,4-5H2,1-3H3. The van der Waals surface area contributed by atoms with Gasteiger partial charge in [0, 0.05) is 12.0 Å². The number of methoxy groups -OCH3 is 1. The number of hydrogen-bond acceptors (Lipinski definition) is 4. The minimum atomic E-state index is -0.0759. The monoisotopic (exact) mass is 333 g/mol. The predicted molar refractivity (Wildman–Crippen MR) is 84.1 cm³/mol. The fraction of sp³-hybridized carbons (Fsp3) is 0.462. The lowest BCUT2D eigenvalue weighted by molar-refractivity contribution is 0.182. The van der Waals surface area contributed by atoms with Gasteiger partial charge in [0.1, 0.15) is 0 Å². The number of rotatable bonds is 6. The van der Waals surface area contributed by atoms with E-state index in [0.717, 1.165) is 21.2 Å². The largest absolute Gasteiger partial charge is 0.383 e. The topological polar surface area (TPSA) is 39.1 Å². The van der Waals surface area contributed by atoms with Crippen LogP contribution in [0.1, 0.15) is 22.2 Å². The van der Waals surface area contributed by atoms with Crippen molar-refractivity contribution in [1.29, 1.82) is 0 Å². The maximum absolute atomic E-state index is 6.38. The molecule has 0 bridgehead atoms. The highest BCUT2D eigenvalue weighted by Crippen LogP contribution is 2.37. The maximum atomic E-state index is 6.38. The molecule has 2 rings (SSSR count). The van der Waals surface area contributed by atoms with Gasteiger partial charge in [-0.15, -0.1) is 11.3 Å². The van der Waals surface area contributed by atoms with Gasteiger partial charge < -0.3 is 10.1 Å². The number of aromatic nitrogens is 2. The minimum Gasteiger partial charge on any atom is -0.383 e. The van der Waals surface area contributed by atoms with Crippen molar-refractivity contribution in [3.8, 4) is 0 Å². The van der Waals surface area contributed by atoms with Crippen LogP contribution in [0.2, 0.25) is 10.0 Å². The lowest BCUT2D eigenvalue weighted by Gasteiger charge is -2.18. The quantitative estimate of drug-likeness (QED) is 0.879. The first-order valence-corrected chi connectivity index (χ1v) is 7.84. The lowest BCUT2D eigenvalue weighted by Crippen LogP contribution is -2.22. The number of aryl methyl sites for hydroxylation is 1. The Morgan fingerprint density at radius 3 is 2.80 bits per heavy atom. The molecule has 110 valence electrons. The van der Waals surface area contributed by atoms with E-state index in [9.17, 15) is 0 Å². The van der Waals surface area contributed by atoms with Crippen molar-refractivity contribution in [2.24, 2.45) is 0 Å². The molecule has 0 aromatic carbocycles. The van der Waals surface area contributed by atoms with Gasteiger partial charge in [0.2, 0.25) is 0 Å². The SMILES string of the molecule is CNC(c1scc(C)c1Cl)c1c(Cl)cnn1CCOC. The summed E-state index contributed by atoms with van der Waals surface area (Å²) in [5, 5.41) is 11.0. The Bertz CT molecular complexity index is 582. The molecule has 2 heterocycles. The van der Waals surface area contributed by atoms with Gasteiger partial charge in [-0.2, -0.15) is 5.10 Å². The summed E-state index contributed by atoms with van der Waals surface area (Å²) in [5.41, 5.74) is 1.99. The molecule has 4 nitrogen and oxygen atoms in total. The first-order chi connectivity index (χ1) is 9.60. The average molecular weight is 334 g/mol. The molecule has 0 aliphatic rings. The van der Waals surface area contributed by atoms with Crippen LogP contribution < -0.4 is 5.32 Å². The number of hydrogen-bond donors (Lipinski definition) is 1. The Labute approximate surface area is 132 Å². The molecule has 0 saturated carbocycles. The molecule has 1 N–H and O–H groups in total. The van der Waals surface area contributed by atoms with Crippen molar-refractivity contribution in [3.05, 3.63) is 37.8 Å². The molecular formula is C13H17Cl2N3OS. The van der Waals surface area contributed by atoms with Gasteiger partial charge in [-0.05, 0) is 24.9 Å². The molecule has 0 aliphatic carbocycles. The van der Waals surface area contributed by atoms with E-state index in [0.29, 0.717) is 18.2 Å². The Balaban J connectivity index is 2.41. The van der Waals surface area contributed by atoms with E-state index >= 15 is 0 Å².